The molecule has 1 aromatic rings. The molecule has 0 amide bonds. The molecule has 17 heavy (non-hydrogen) atoms. The number of benzene rings is 1. The maximum Gasteiger partial charge on any atom is 0.317 e. The number of rotatable bonds is 4. The van der Waals surface area contributed by atoms with Gasteiger partial charge in [-0.25, -0.2) is 4.39 Å². The van der Waals surface area contributed by atoms with Gasteiger partial charge in [-0.1, -0.05) is 6.07 Å². The summed E-state index contributed by atoms with van der Waals surface area (Å²) in [6.45, 7) is 1.51. The van der Waals surface area contributed by atoms with Crippen molar-refractivity contribution in [3.05, 3.63) is 30.1 Å². The SMILES string of the molecule is O=C(O)CNC1CCN(c2cccc(F)c2)C1. The monoisotopic (exact) mass is 238 g/mol. The summed E-state index contributed by atoms with van der Waals surface area (Å²) in [5.41, 5.74) is 0.852. The molecule has 1 atom stereocenters. The molecule has 2 rings (SSSR count). The number of hydrogen-bond acceptors (Lipinski definition) is 3. The molecule has 92 valence electrons. The molecule has 1 aliphatic heterocycles. The zero-order valence-electron chi connectivity index (χ0n) is 9.40. The molecule has 0 aromatic heterocycles. The van der Waals surface area contributed by atoms with E-state index in [4.69, 9.17) is 5.11 Å². The Morgan fingerprint density at radius 2 is 2.41 bits per heavy atom. The molecule has 1 saturated heterocycles. The fourth-order valence-electron chi connectivity index (χ4n) is 2.07. The molecule has 0 saturated carbocycles. The van der Waals surface area contributed by atoms with E-state index in [2.05, 4.69) is 10.2 Å². The van der Waals surface area contributed by atoms with Crippen molar-refractivity contribution in [1.82, 2.24) is 5.32 Å². The van der Waals surface area contributed by atoms with Crippen molar-refractivity contribution in [1.29, 1.82) is 0 Å². The molecule has 2 N–H and O–H groups in total. The van der Waals surface area contributed by atoms with E-state index in [-0.39, 0.29) is 18.4 Å². The third-order valence-corrected chi connectivity index (χ3v) is 2.90. The Labute approximate surface area is 99.0 Å². The summed E-state index contributed by atoms with van der Waals surface area (Å²) in [6, 6.07) is 6.62. The number of carboxylic acid groups (broad SMARTS) is 1. The molecular formula is C12H15FN2O2. The fraction of sp³-hybridized carbons (Fsp3) is 0.417. The van der Waals surface area contributed by atoms with Gasteiger partial charge in [0.05, 0.1) is 6.54 Å². The van der Waals surface area contributed by atoms with E-state index in [1.807, 2.05) is 6.07 Å². The van der Waals surface area contributed by atoms with E-state index in [1.54, 1.807) is 6.07 Å². The third-order valence-electron chi connectivity index (χ3n) is 2.90. The van der Waals surface area contributed by atoms with Crippen LogP contribution in [0.25, 0.3) is 0 Å². The Kier molecular flexibility index (Phi) is 3.58. The maximum absolute atomic E-state index is 13.1. The summed E-state index contributed by atoms with van der Waals surface area (Å²) in [4.78, 5) is 12.5. The first-order valence-corrected chi connectivity index (χ1v) is 5.61. The average Bonchev–Trinajstić information content (AvgIpc) is 2.75. The maximum atomic E-state index is 13.1. The molecule has 0 spiro atoms. The van der Waals surface area contributed by atoms with E-state index in [0.29, 0.717) is 0 Å². The van der Waals surface area contributed by atoms with Crippen LogP contribution in [0.3, 0.4) is 0 Å². The molecule has 0 aliphatic carbocycles. The number of aliphatic carboxylic acids is 1. The Bertz CT molecular complexity index is 411. The topological polar surface area (TPSA) is 52.6 Å². The Hall–Kier alpha value is -1.62. The van der Waals surface area contributed by atoms with Crippen LogP contribution in [-0.4, -0.2) is 36.8 Å². The van der Waals surface area contributed by atoms with Gasteiger partial charge in [0.2, 0.25) is 0 Å². The number of halogens is 1. The van der Waals surface area contributed by atoms with E-state index < -0.39 is 5.97 Å². The van der Waals surface area contributed by atoms with Gasteiger partial charge in [-0.3, -0.25) is 4.79 Å². The van der Waals surface area contributed by atoms with Crippen LogP contribution < -0.4 is 10.2 Å². The zero-order valence-corrected chi connectivity index (χ0v) is 9.40. The predicted molar refractivity (Wildman–Crippen MR) is 62.7 cm³/mol. The number of anilines is 1. The van der Waals surface area contributed by atoms with Crippen molar-refractivity contribution in [3.63, 3.8) is 0 Å². The van der Waals surface area contributed by atoms with Crippen molar-refractivity contribution in [2.75, 3.05) is 24.5 Å². The minimum atomic E-state index is -0.853. The molecule has 1 unspecified atom stereocenters. The fourth-order valence-corrected chi connectivity index (χ4v) is 2.07. The molecule has 1 fully saturated rings. The predicted octanol–water partition coefficient (Wildman–Crippen LogP) is 1.08. The van der Waals surface area contributed by atoms with Crippen LogP contribution in [0.4, 0.5) is 10.1 Å². The standard InChI is InChI=1S/C12H15FN2O2/c13-9-2-1-3-11(6-9)15-5-4-10(8-15)14-7-12(16)17/h1-3,6,10,14H,4-5,7-8H2,(H,16,17). The first kappa shape index (κ1) is 11.9. The van der Waals surface area contributed by atoms with Gasteiger partial charge >= 0.3 is 5.97 Å². The smallest absolute Gasteiger partial charge is 0.317 e. The highest BCUT2D eigenvalue weighted by Crippen LogP contribution is 2.20. The van der Waals surface area contributed by atoms with Crippen molar-refractivity contribution in [3.8, 4) is 0 Å². The highest BCUT2D eigenvalue weighted by atomic mass is 19.1. The average molecular weight is 238 g/mol. The Morgan fingerprint density at radius 3 is 3.12 bits per heavy atom. The largest absolute Gasteiger partial charge is 0.480 e. The van der Waals surface area contributed by atoms with E-state index in [9.17, 15) is 9.18 Å². The summed E-state index contributed by atoms with van der Waals surface area (Å²) in [5, 5.41) is 11.5. The summed E-state index contributed by atoms with van der Waals surface area (Å²) in [5.74, 6) is -1.10. The molecule has 5 heteroatoms. The van der Waals surface area contributed by atoms with E-state index >= 15 is 0 Å². The molecule has 1 aliphatic rings. The number of carbonyl (C=O) groups is 1. The van der Waals surface area contributed by atoms with Crippen LogP contribution in [0.2, 0.25) is 0 Å². The van der Waals surface area contributed by atoms with Gasteiger partial charge in [-0.15, -0.1) is 0 Å². The minimum Gasteiger partial charge on any atom is -0.480 e. The molecule has 0 radical (unpaired) electrons. The minimum absolute atomic E-state index is 0.0261. The normalized spacial score (nSPS) is 19.6. The third kappa shape index (κ3) is 3.17. The first-order chi connectivity index (χ1) is 8.15. The van der Waals surface area contributed by atoms with E-state index in [1.165, 1.54) is 12.1 Å². The van der Waals surface area contributed by atoms with Crippen molar-refractivity contribution < 1.29 is 14.3 Å². The van der Waals surface area contributed by atoms with Crippen molar-refractivity contribution >= 4 is 11.7 Å². The summed E-state index contributed by atoms with van der Waals surface area (Å²) >= 11 is 0. The summed E-state index contributed by atoms with van der Waals surface area (Å²) in [7, 11) is 0. The van der Waals surface area contributed by atoms with E-state index in [0.717, 1.165) is 25.2 Å². The summed E-state index contributed by atoms with van der Waals surface area (Å²) in [6.07, 6.45) is 0.879. The van der Waals surface area contributed by atoms with Gasteiger partial charge in [-0.2, -0.15) is 0 Å². The number of nitrogens with one attached hydrogen (secondary N) is 1. The zero-order chi connectivity index (χ0) is 12.3. The van der Waals surface area contributed by atoms with Gasteiger partial charge in [0.1, 0.15) is 5.82 Å². The highest BCUT2D eigenvalue weighted by molar-refractivity contribution is 5.69. The van der Waals surface area contributed by atoms with Crippen LogP contribution in [0.1, 0.15) is 6.42 Å². The van der Waals surface area contributed by atoms with Crippen molar-refractivity contribution in [2.45, 2.75) is 12.5 Å². The molecular weight excluding hydrogens is 223 g/mol. The number of nitrogens with zero attached hydrogens (tertiary/aromatic N) is 1. The lowest BCUT2D eigenvalue weighted by molar-refractivity contribution is -0.136. The Morgan fingerprint density at radius 1 is 1.59 bits per heavy atom. The van der Waals surface area contributed by atoms with Crippen LogP contribution in [0.15, 0.2) is 24.3 Å². The van der Waals surface area contributed by atoms with Crippen LogP contribution in [-0.2, 0) is 4.79 Å². The second-order valence-corrected chi connectivity index (χ2v) is 4.19. The molecule has 1 aromatic carbocycles. The van der Waals surface area contributed by atoms with Crippen LogP contribution in [0, 0.1) is 5.82 Å². The van der Waals surface area contributed by atoms with Gasteiger partial charge in [-0.05, 0) is 24.6 Å². The van der Waals surface area contributed by atoms with Crippen molar-refractivity contribution in [2.24, 2.45) is 0 Å². The Balaban J connectivity index is 1.91. The number of hydrogen-bond donors (Lipinski definition) is 2. The molecule has 0 bridgehead atoms. The molecule has 1 heterocycles. The lowest BCUT2D eigenvalue weighted by Gasteiger charge is -2.18. The van der Waals surface area contributed by atoms with Crippen LogP contribution >= 0.6 is 0 Å². The highest BCUT2D eigenvalue weighted by Gasteiger charge is 2.22. The number of carboxylic acids is 1. The summed E-state index contributed by atoms with van der Waals surface area (Å²) < 4.78 is 13.1. The lowest BCUT2D eigenvalue weighted by atomic mass is 10.2. The van der Waals surface area contributed by atoms with Gasteiger partial charge in [0.15, 0.2) is 0 Å². The quantitative estimate of drug-likeness (QED) is 0.824. The second kappa shape index (κ2) is 5.14. The lowest BCUT2D eigenvalue weighted by Crippen LogP contribution is -2.35. The van der Waals surface area contributed by atoms with Gasteiger partial charge < -0.3 is 15.3 Å². The van der Waals surface area contributed by atoms with Gasteiger partial charge in [0, 0.05) is 24.8 Å². The van der Waals surface area contributed by atoms with Gasteiger partial charge in [0.25, 0.3) is 0 Å². The van der Waals surface area contributed by atoms with Crippen LogP contribution in [0.5, 0.6) is 0 Å². The molecule has 4 nitrogen and oxygen atoms in total. The first-order valence-electron chi connectivity index (χ1n) is 5.61. The second-order valence-electron chi connectivity index (χ2n) is 4.19.